The van der Waals surface area contributed by atoms with E-state index in [1.54, 1.807) is 20.8 Å². The van der Waals surface area contributed by atoms with Crippen molar-refractivity contribution in [2.45, 2.75) is 51.5 Å². The third-order valence-electron chi connectivity index (χ3n) is 5.01. The van der Waals surface area contributed by atoms with Gasteiger partial charge in [0.1, 0.15) is 12.2 Å². The normalized spacial score (nSPS) is 24.0. The highest BCUT2D eigenvalue weighted by Gasteiger charge is 2.55. The molecular weight excluding hydrogens is 364 g/mol. The van der Waals surface area contributed by atoms with Crippen molar-refractivity contribution >= 4 is 18.2 Å². The SMILES string of the molecule is CC(C)(C)OC(=O)N1CC[C@@H]2[C@H]1[C@@H](C(=O)O)CN2C(=O)OCc1ccccc1. The molecule has 0 unspecified atom stereocenters. The average Bonchev–Trinajstić information content (AvgIpc) is 3.19. The van der Waals surface area contributed by atoms with E-state index in [0.717, 1.165) is 5.56 Å². The van der Waals surface area contributed by atoms with Gasteiger partial charge < -0.3 is 24.4 Å². The number of hydrogen-bond donors (Lipinski definition) is 1. The van der Waals surface area contributed by atoms with E-state index < -0.39 is 41.8 Å². The Hall–Kier alpha value is -2.77. The summed E-state index contributed by atoms with van der Waals surface area (Å²) in [7, 11) is 0. The summed E-state index contributed by atoms with van der Waals surface area (Å²) in [6, 6.07) is 8.27. The second kappa shape index (κ2) is 7.69. The average molecular weight is 390 g/mol. The van der Waals surface area contributed by atoms with Gasteiger partial charge >= 0.3 is 18.2 Å². The van der Waals surface area contributed by atoms with Crippen molar-refractivity contribution in [1.82, 2.24) is 9.80 Å². The van der Waals surface area contributed by atoms with Crippen LogP contribution >= 0.6 is 0 Å². The minimum atomic E-state index is -1.04. The molecule has 8 nitrogen and oxygen atoms in total. The summed E-state index contributed by atoms with van der Waals surface area (Å²) in [4.78, 5) is 39.8. The zero-order valence-electron chi connectivity index (χ0n) is 16.3. The highest BCUT2D eigenvalue weighted by atomic mass is 16.6. The first-order valence-corrected chi connectivity index (χ1v) is 9.37. The Morgan fingerprint density at radius 3 is 2.39 bits per heavy atom. The van der Waals surface area contributed by atoms with Gasteiger partial charge in [-0.2, -0.15) is 0 Å². The minimum Gasteiger partial charge on any atom is -0.481 e. The third kappa shape index (κ3) is 4.21. The van der Waals surface area contributed by atoms with Gasteiger partial charge in [-0.3, -0.25) is 4.79 Å². The van der Waals surface area contributed by atoms with Crippen LogP contribution in [0.15, 0.2) is 30.3 Å². The summed E-state index contributed by atoms with van der Waals surface area (Å²) in [6.07, 6.45) is -0.617. The number of carboxylic acids is 1. The molecule has 3 atom stereocenters. The van der Waals surface area contributed by atoms with Crippen LogP contribution in [-0.4, -0.2) is 63.8 Å². The van der Waals surface area contributed by atoms with Crippen LogP contribution in [0.2, 0.25) is 0 Å². The fourth-order valence-corrected chi connectivity index (χ4v) is 3.85. The molecule has 0 spiro atoms. The maximum absolute atomic E-state index is 12.6. The molecule has 2 fully saturated rings. The maximum Gasteiger partial charge on any atom is 0.410 e. The molecule has 2 amide bonds. The Labute approximate surface area is 164 Å². The Balaban J connectivity index is 1.71. The summed E-state index contributed by atoms with van der Waals surface area (Å²) < 4.78 is 10.8. The van der Waals surface area contributed by atoms with Gasteiger partial charge in [-0.15, -0.1) is 0 Å². The van der Waals surface area contributed by atoms with Crippen LogP contribution in [-0.2, 0) is 20.9 Å². The number of benzene rings is 1. The molecule has 2 saturated heterocycles. The van der Waals surface area contributed by atoms with E-state index in [2.05, 4.69) is 0 Å². The second-order valence-electron chi connectivity index (χ2n) is 8.16. The first-order chi connectivity index (χ1) is 13.2. The van der Waals surface area contributed by atoms with Crippen LogP contribution in [0.5, 0.6) is 0 Å². The molecule has 3 rings (SSSR count). The quantitative estimate of drug-likeness (QED) is 0.852. The Morgan fingerprint density at radius 1 is 1.11 bits per heavy atom. The highest BCUT2D eigenvalue weighted by molar-refractivity contribution is 5.78. The molecule has 1 N–H and O–H groups in total. The lowest BCUT2D eigenvalue weighted by atomic mass is 10.00. The van der Waals surface area contributed by atoms with Crippen molar-refractivity contribution in [3.63, 3.8) is 0 Å². The maximum atomic E-state index is 12.6. The molecule has 2 heterocycles. The predicted octanol–water partition coefficient (Wildman–Crippen LogP) is 2.72. The van der Waals surface area contributed by atoms with Crippen LogP contribution in [0.25, 0.3) is 0 Å². The summed E-state index contributed by atoms with van der Waals surface area (Å²) in [5.41, 5.74) is 0.170. The predicted molar refractivity (Wildman–Crippen MR) is 99.6 cm³/mol. The fraction of sp³-hybridized carbons (Fsp3) is 0.550. The van der Waals surface area contributed by atoms with Crippen molar-refractivity contribution in [2.75, 3.05) is 13.1 Å². The van der Waals surface area contributed by atoms with Crippen LogP contribution in [0.4, 0.5) is 9.59 Å². The molecule has 8 heteroatoms. The van der Waals surface area contributed by atoms with E-state index in [1.165, 1.54) is 9.80 Å². The fourth-order valence-electron chi connectivity index (χ4n) is 3.85. The van der Waals surface area contributed by atoms with Gasteiger partial charge in [0.05, 0.1) is 18.0 Å². The van der Waals surface area contributed by atoms with E-state index >= 15 is 0 Å². The smallest absolute Gasteiger partial charge is 0.410 e. The zero-order chi connectivity index (χ0) is 20.5. The largest absolute Gasteiger partial charge is 0.481 e. The van der Waals surface area contributed by atoms with E-state index in [0.29, 0.717) is 13.0 Å². The Kier molecular flexibility index (Phi) is 5.49. The standard InChI is InChI=1S/C20H26N2O6/c1-20(2,3)28-19(26)21-10-9-15-16(21)14(17(23)24)11-22(15)18(25)27-12-13-7-5-4-6-8-13/h4-8,14-16H,9-12H2,1-3H3,(H,23,24)/t14-,15+,16+/m0/s1. The number of rotatable bonds is 3. The van der Waals surface area contributed by atoms with Crippen molar-refractivity contribution in [1.29, 1.82) is 0 Å². The molecule has 1 aromatic rings. The van der Waals surface area contributed by atoms with Crippen LogP contribution < -0.4 is 0 Å². The lowest BCUT2D eigenvalue weighted by Gasteiger charge is -2.29. The molecule has 0 bridgehead atoms. The van der Waals surface area contributed by atoms with Gasteiger partial charge in [0.15, 0.2) is 0 Å². The van der Waals surface area contributed by atoms with E-state index in [4.69, 9.17) is 9.47 Å². The molecule has 0 aromatic heterocycles. The van der Waals surface area contributed by atoms with Crippen LogP contribution in [0, 0.1) is 5.92 Å². The number of likely N-dealkylation sites (tertiary alicyclic amines) is 2. The van der Waals surface area contributed by atoms with Gasteiger partial charge in [0, 0.05) is 13.1 Å². The van der Waals surface area contributed by atoms with E-state index in [-0.39, 0.29) is 13.2 Å². The van der Waals surface area contributed by atoms with Gasteiger partial charge in [-0.1, -0.05) is 30.3 Å². The number of aliphatic carboxylic acids is 1. The second-order valence-corrected chi connectivity index (χ2v) is 8.16. The summed E-state index contributed by atoms with van der Waals surface area (Å²) in [5.74, 6) is -1.91. The number of amides is 2. The Bertz CT molecular complexity index is 745. The number of carboxylic acid groups (broad SMARTS) is 1. The zero-order valence-corrected chi connectivity index (χ0v) is 16.3. The van der Waals surface area contributed by atoms with Crippen molar-refractivity contribution in [3.8, 4) is 0 Å². The highest BCUT2D eigenvalue weighted by Crippen LogP contribution is 2.37. The van der Waals surface area contributed by atoms with Gasteiger partial charge in [-0.25, -0.2) is 9.59 Å². The molecule has 28 heavy (non-hydrogen) atoms. The first kappa shape index (κ1) is 20.0. The molecule has 1 aromatic carbocycles. The molecular formula is C20H26N2O6. The molecule has 2 aliphatic heterocycles. The number of nitrogens with zero attached hydrogens (tertiary/aromatic N) is 2. The van der Waals surface area contributed by atoms with Crippen molar-refractivity contribution in [2.24, 2.45) is 5.92 Å². The molecule has 0 aliphatic carbocycles. The Morgan fingerprint density at radius 2 is 1.79 bits per heavy atom. The monoisotopic (exact) mass is 390 g/mol. The molecule has 152 valence electrons. The summed E-state index contributed by atoms with van der Waals surface area (Å²) in [6.45, 7) is 5.74. The number of ether oxygens (including phenoxy) is 2. The number of fused-ring (bicyclic) bond motifs is 1. The minimum absolute atomic E-state index is 0.0115. The third-order valence-corrected chi connectivity index (χ3v) is 5.01. The number of carbonyl (C=O) groups is 3. The van der Waals surface area contributed by atoms with E-state index in [9.17, 15) is 19.5 Å². The first-order valence-electron chi connectivity index (χ1n) is 9.37. The number of hydrogen-bond acceptors (Lipinski definition) is 5. The lowest BCUT2D eigenvalue weighted by molar-refractivity contribution is -0.142. The van der Waals surface area contributed by atoms with Crippen molar-refractivity contribution < 1.29 is 29.0 Å². The van der Waals surface area contributed by atoms with Crippen molar-refractivity contribution in [3.05, 3.63) is 35.9 Å². The summed E-state index contributed by atoms with van der Waals surface area (Å²) >= 11 is 0. The van der Waals surface area contributed by atoms with Crippen LogP contribution in [0.1, 0.15) is 32.8 Å². The van der Waals surface area contributed by atoms with Gasteiger partial charge in [0.2, 0.25) is 0 Å². The number of carbonyl (C=O) groups excluding carboxylic acids is 2. The van der Waals surface area contributed by atoms with Gasteiger partial charge in [-0.05, 0) is 32.8 Å². The molecule has 0 saturated carbocycles. The lowest BCUT2D eigenvalue weighted by Crippen LogP contribution is -2.46. The van der Waals surface area contributed by atoms with Gasteiger partial charge in [0.25, 0.3) is 0 Å². The van der Waals surface area contributed by atoms with Crippen LogP contribution in [0.3, 0.4) is 0 Å². The molecule has 2 aliphatic rings. The molecule has 0 radical (unpaired) electrons. The summed E-state index contributed by atoms with van der Waals surface area (Å²) in [5, 5.41) is 9.64. The topological polar surface area (TPSA) is 96.4 Å². The van der Waals surface area contributed by atoms with E-state index in [1.807, 2.05) is 30.3 Å².